The van der Waals surface area contributed by atoms with Crippen LogP contribution < -0.4 is 5.32 Å². The van der Waals surface area contributed by atoms with Gasteiger partial charge >= 0.3 is 0 Å². The van der Waals surface area contributed by atoms with Gasteiger partial charge in [0.05, 0.1) is 0 Å². The molecule has 1 aliphatic rings. The maximum absolute atomic E-state index is 12.9. The number of aryl methyl sites for hydroxylation is 1. The zero-order chi connectivity index (χ0) is 19.0. The van der Waals surface area contributed by atoms with E-state index < -0.39 is 0 Å². The summed E-state index contributed by atoms with van der Waals surface area (Å²) in [5.74, 6) is -0.0494. The van der Waals surface area contributed by atoms with E-state index in [4.69, 9.17) is 0 Å². The van der Waals surface area contributed by atoms with E-state index in [1.165, 1.54) is 6.92 Å². The highest BCUT2D eigenvalue weighted by atomic mass is 16.2. The molecule has 6 heteroatoms. The molecule has 1 N–H and O–H groups in total. The molecule has 138 valence electrons. The minimum Gasteiger partial charge on any atom is -0.352 e. The maximum Gasteiger partial charge on any atom is 0.253 e. The molecule has 27 heavy (non-hydrogen) atoms. The highest BCUT2D eigenvalue weighted by molar-refractivity contribution is 5.95. The van der Waals surface area contributed by atoms with E-state index in [9.17, 15) is 9.59 Å². The fourth-order valence-corrected chi connectivity index (χ4v) is 3.73. The molecule has 0 bridgehead atoms. The number of hydrogen-bond acceptors (Lipinski definition) is 3. The van der Waals surface area contributed by atoms with Gasteiger partial charge in [0.2, 0.25) is 5.91 Å². The molecule has 4 rings (SSSR count). The SMILES string of the molecule is CC(=O)NC1CCN(C(=O)c2cccc(-c3cc(C)c4nccn4c3)c2)C1. The number of fused-ring (bicyclic) bond motifs is 1. The second-order valence-electron chi connectivity index (χ2n) is 7.09. The Morgan fingerprint density at radius 2 is 2.07 bits per heavy atom. The molecule has 1 aromatic carbocycles. The predicted molar refractivity (Wildman–Crippen MR) is 103 cm³/mol. The molecule has 3 heterocycles. The molecule has 1 atom stereocenters. The molecule has 6 nitrogen and oxygen atoms in total. The van der Waals surface area contributed by atoms with Crippen molar-refractivity contribution in [2.45, 2.75) is 26.3 Å². The fraction of sp³-hybridized carbons (Fsp3) is 0.286. The largest absolute Gasteiger partial charge is 0.352 e. The van der Waals surface area contributed by atoms with Crippen molar-refractivity contribution >= 4 is 17.5 Å². The normalized spacial score (nSPS) is 16.7. The van der Waals surface area contributed by atoms with Crippen molar-refractivity contribution in [1.29, 1.82) is 0 Å². The van der Waals surface area contributed by atoms with E-state index in [-0.39, 0.29) is 17.9 Å². The summed E-state index contributed by atoms with van der Waals surface area (Å²) in [4.78, 5) is 30.3. The van der Waals surface area contributed by atoms with Crippen LogP contribution in [0.5, 0.6) is 0 Å². The molecule has 0 aliphatic carbocycles. The van der Waals surface area contributed by atoms with Gasteiger partial charge in [0.25, 0.3) is 5.91 Å². The van der Waals surface area contributed by atoms with Crippen LogP contribution in [0.25, 0.3) is 16.8 Å². The van der Waals surface area contributed by atoms with Gasteiger partial charge in [-0.2, -0.15) is 0 Å². The van der Waals surface area contributed by atoms with Crippen LogP contribution in [0.3, 0.4) is 0 Å². The topological polar surface area (TPSA) is 66.7 Å². The smallest absolute Gasteiger partial charge is 0.253 e. The Hall–Kier alpha value is -3.15. The molecule has 2 amide bonds. The number of nitrogens with zero attached hydrogens (tertiary/aromatic N) is 3. The third kappa shape index (κ3) is 3.43. The zero-order valence-electron chi connectivity index (χ0n) is 15.5. The summed E-state index contributed by atoms with van der Waals surface area (Å²) in [5.41, 5.74) is 4.74. The van der Waals surface area contributed by atoms with Gasteiger partial charge in [-0.1, -0.05) is 12.1 Å². The van der Waals surface area contributed by atoms with Crippen LogP contribution in [-0.4, -0.2) is 45.2 Å². The van der Waals surface area contributed by atoms with Crippen LogP contribution in [0, 0.1) is 6.92 Å². The van der Waals surface area contributed by atoms with Crippen molar-refractivity contribution < 1.29 is 9.59 Å². The summed E-state index contributed by atoms with van der Waals surface area (Å²) in [6.45, 7) is 4.76. The molecule has 1 unspecified atom stereocenters. The maximum atomic E-state index is 12.9. The van der Waals surface area contributed by atoms with E-state index in [2.05, 4.69) is 16.4 Å². The number of aromatic nitrogens is 2. The number of likely N-dealkylation sites (tertiary alicyclic amines) is 1. The molecular formula is C21H22N4O2. The van der Waals surface area contributed by atoms with Crippen molar-refractivity contribution in [3.05, 3.63) is 60.0 Å². The number of benzene rings is 1. The first-order chi connectivity index (χ1) is 13.0. The third-order valence-corrected chi connectivity index (χ3v) is 5.00. The molecule has 1 fully saturated rings. The number of rotatable bonds is 3. The van der Waals surface area contributed by atoms with Gasteiger partial charge in [-0.15, -0.1) is 0 Å². The van der Waals surface area contributed by atoms with Crippen molar-refractivity contribution in [3.63, 3.8) is 0 Å². The Labute approximate surface area is 157 Å². The van der Waals surface area contributed by atoms with Gasteiger partial charge in [-0.25, -0.2) is 4.98 Å². The van der Waals surface area contributed by atoms with Gasteiger partial charge in [0.1, 0.15) is 5.65 Å². The zero-order valence-corrected chi connectivity index (χ0v) is 15.5. The van der Waals surface area contributed by atoms with Crippen molar-refractivity contribution in [2.75, 3.05) is 13.1 Å². The van der Waals surface area contributed by atoms with Gasteiger partial charge in [-0.05, 0) is 48.2 Å². The number of pyridine rings is 1. The Morgan fingerprint density at radius 3 is 2.89 bits per heavy atom. The van der Waals surface area contributed by atoms with Crippen LogP contribution in [0.2, 0.25) is 0 Å². The molecule has 0 spiro atoms. The summed E-state index contributed by atoms with van der Waals surface area (Å²) < 4.78 is 2.00. The summed E-state index contributed by atoms with van der Waals surface area (Å²) in [7, 11) is 0. The summed E-state index contributed by atoms with van der Waals surface area (Å²) in [6.07, 6.45) is 6.53. The minimum atomic E-state index is -0.0541. The number of amides is 2. The third-order valence-electron chi connectivity index (χ3n) is 5.00. The Kier molecular flexibility index (Phi) is 4.39. The monoisotopic (exact) mass is 362 g/mol. The van der Waals surface area contributed by atoms with Crippen LogP contribution in [0.4, 0.5) is 0 Å². The quantitative estimate of drug-likeness (QED) is 0.779. The molecule has 1 aliphatic heterocycles. The highest BCUT2D eigenvalue weighted by Crippen LogP contribution is 2.24. The second kappa shape index (κ2) is 6.87. The van der Waals surface area contributed by atoms with Gasteiger partial charge in [0, 0.05) is 50.2 Å². The molecule has 0 saturated carbocycles. The van der Waals surface area contributed by atoms with E-state index in [1.807, 2.05) is 52.9 Å². The van der Waals surface area contributed by atoms with Crippen LogP contribution in [0.15, 0.2) is 48.9 Å². The lowest BCUT2D eigenvalue weighted by molar-refractivity contribution is -0.119. The number of carbonyl (C=O) groups excluding carboxylic acids is 2. The Bertz CT molecular complexity index is 1020. The lowest BCUT2D eigenvalue weighted by Gasteiger charge is -2.17. The number of imidazole rings is 1. The van der Waals surface area contributed by atoms with Crippen molar-refractivity contribution in [3.8, 4) is 11.1 Å². The lowest BCUT2D eigenvalue weighted by atomic mass is 10.0. The number of nitrogens with one attached hydrogen (secondary N) is 1. The highest BCUT2D eigenvalue weighted by Gasteiger charge is 2.27. The van der Waals surface area contributed by atoms with Crippen LogP contribution in [-0.2, 0) is 4.79 Å². The van der Waals surface area contributed by atoms with Crippen molar-refractivity contribution in [2.24, 2.45) is 0 Å². The van der Waals surface area contributed by atoms with Crippen LogP contribution >= 0.6 is 0 Å². The van der Waals surface area contributed by atoms with Crippen LogP contribution in [0.1, 0.15) is 29.3 Å². The van der Waals surface area contributed by atoms with E-state index in [0.29, 0.717) is 18.7 Å². The first-order valence-electron chi connectivity index (χ1n) is 9.11. The average Bonchev–Trinajstić information content (AvgIpc) is 3.30. The van der Waals surface area contributed by atoms with E-state index in [0.717, 1.165) is 28.8 Å². The van der Waals surface area contributed by atoms with Gasteiger partial charge in [-0.3, -0.25) is 9.59 Å². The van der Waals surface area contributed by atoms with E-state index >= 15 is 0 Å². The summed E-state index contributed by atoms with van der Waals surface area (Å²) in [5, 5.41) is 2.89. The fourth-order valence-electron chi connectivity index (χ4n) is 3.73. The molecule has 3 aromatic rings. The minimum absolute atomic E-state index is 0.00475. The molecule has 0 radical (unpaired) electrons. The summed E-state index contributed by atoms with van der Waals surface area (Å²) in [6, 6.07) is 9.84. The Morgan fingerprint density at radius 1 is 1.22 bits per heavy atom. The van der Waals surface area contributed by atoms with E-state index in [1.54, 1.807) is 6.20 Å². The van der Waals surface area contributed by atoms with Gasteiger partial charge in [0.15, 0.2) is 0 Å². The lowest BCUT2D eigenvalue weighted by Crippen LogP contribution is -2.37. The standard InChI is InChI=1S/C21H22N4O2/c1-14-10-18(12-24-9-7-22-20(14)24)16-4-3-5-17(11-16)21(27)25-8-6-19(13-25)23-15(2)26/h3-5,7,9-12,19H,6,8,13H2,1-2H3,(H,23,26). The average molecular weight is 362 g/mol. The van der Waals surface area contributed by atoms with Gasteiger partial charge < -0.3 is 14.6 Å². The number of carbonyl (C=O) groups is 2. The summed E-state index contributed by atoms with van der Waals surface area (Å²) >= 11 is 0. The first-order valence-corrected chi connectivity index (χ1v) is 9.11. The number of hydrogen-bond donors (Lipinski definition) is 1. The Balaban J connectivity index is 1.58. The second-order valence-corrected chi connectivity index (χ2v) is 7.09. The van der Waals surface area contributed by atoms with Crippen molar-refractivity contribution in [1.82, 2.24) is 19.6 Å². The molecule has 2 aromatic heterocycles. The molecular weight excluding hydrogens is 340 g/mol. The molecule has 1 saturated heterocycles. The first kappa shape index (κ1) is 17.3. The predicted octanol–water partition coefficient (Wildman–Crippen LogP) is 2.66.